The van der Waals surface area contributed by atoms with Crippen LogP contribution in [-0.2, 0) is 0 Å². The van der Waals surface area contributed by atoms with Crippen molar-refractivity contribution in [2.24, 2.45) is 0 Å². The van der Waals surface area contributed by atoms with Gasteiger partial charge in [-0.3, -0.25) is 9.97 Å². The second-order valence-electron chi connectivity index (χ2n) is 6.76. The molecule has 2 aromatic heterocycles. The van der Waals surface area contributed by atoms with Crippen molar-refractivity contribution >= 4 is 67.6 Å². The summed E-state index contributed by atoms with van der Waals surface area (Å²) < 4.78 is 0.716. The fourth-order valence-electron chi connectivity index (χ4n) is 3.25. The first-order valence-electron chi connectivity index (χ1n) is 9.34. The summed E-state index contributed by atoms with van der Waals surface area (Å²) in [6.07, 6.45) is 3.22. The topological polar surface area (TPSA) is 86.5 Å². The molecule has 0 bridgehead atoms. The standard InChI is InChI=1S/C15H10ClNO2.C9H5ClINO/c16-12-8-11(9-4-1-2-6-13(9)18)15(19)14-10(12)5-3-7-17-14;10-6-4-7(11)9(13)8-5(6)2-1-3-12-8/h1-8,18-19H;1-4,13H. The van der Waals surface area contributed by atoms with E-state index < -0.39 is 0 Å². The number of para-hydroxylation sites is 1. The van der Waals surface area contributed by atoms with Gasteiger partial charge in [-0.1, -0.05) is 41.4 Å². The van der Waals surface area contributed by atoms with Crippen molar-refractivity contribution in [1.82, 2.24) is 9.97 Å². The number of aromatic nitrogens is 2. The van der Waals surface area contributed by atoms with E-state index in [4.69, 9.17) is 23.2 Å². The molecule has 3 aromatic carbocycles. The highest BCUT2D eigenvalue weighted by Gasteiger charge is 2.15. The highest BCUT2D eigenvalue weighted by molar-refractivity contribution is 14.1. The fraction of sp³-hybridized carbons (Fsp3) is 0. The Hall–Kier alpha value is -2.81. The first kappa shape index (κ1) is 22.4. The number of aromatic hydroxyl groups is 3. The van der Waals surface area contributed by atoms with Gasteiger partial charge in [-0.15, -0.1) is 0 Å². The molecule has 0 aliphatic rings. The SMILES string of the molecule is Oc1c(I)cc(Cl)c2cccnc12.Oc1ccccc1-c1cc(Cl)c2cccnc2c1O. The maximum Gasteiger partial charge on any atom is 0.155 e. The van der Waals surface area contributed by atoms with Crippen LogP contribution in [0.3, 0.4) is 0 Å². The summed E-state index contributed by atoms with van der Waals surface area (Å²) >= 11 is 14.2. The quantitative estimate of drug-likeness (QED) is 0.184. The third-order valence-electron chi connectivity index (χ3n) is 4.78. The largest absolute Gasteiger partial charge is 0.507 e. The molecular formula is C24H15Cl2IN2O3. The number of phenols is 3. The van der Waals surface area contributed by atoms with Gasteiger partial charge >= 0.3 is 0 Å². The van der Waals surface area contributed by atoms with E-state index in [2.05, 4.69) is 9.97 Å². The van der Waals surface area contributed by atoms with Gasteiger partial charge < -0.3 is 15.3 Å². The number of nitrogens with zero attached hydrogens (tertiary/aromatic N) is 2. The van der Waals surface area contributed by atoms with Crippen LogP contribution in [-0.4, -0.2) is 25.3 Å². The van der Waals surface area contributed by atoms with Gasteiger partial charge in [0.2, 0.25) is 0 Å². The molecule has 0 amide bonds. The predicted molar refractivity (Wildman–Crippen MR) is 137 cm³/mol. The van der Waals surface area contributed by atoms with E-state index in [0.29, 0.717) is 41.2 Å². The lowest BCUT2D eigenvalue weighted by atomic mass is 10.0. The number of halogens is 3. The molecule has 0 aliphatic carbocycles. The van der Waals surface area contributed by atoms with Crippen molar-refractivity contribution in [1.29, 1.82) is 0 Å². The first-order valence-corrected chi connectivity index (χ1v) is 11.2. The summed E-state index contributed by atoms with van der Waals surface area (Å²) in [6, 6.07) is 17.3. The van der Waals surface area contributed by atoms with Crippen LogP contribution in [0.25, 0.3) is 32.9 Å². The van der Waals surface area contributed by atoms with E-state index in [1.165, 1.54) is 0 Å². The molecule has 32 heavy (non-hydrogen) atoms. The molecule has 0 radical (unpaired) electrons. The average Bonchev–Trinajstić information content (AvgIpc) is 2.81. The molecule has 0 unspecified atom stereocenters. The second kappa shape index (κ2) is 9.36. The maximum atomic E-state index is 10.3. The van der Waals surface area contributed by atoms with Gasteiger partial charge in [0, 0.05) is 34.3 Å². The molecule has 0 fully saturated rings. The molecule has 0 saturated heterocycles. The molecule has 0 aliphatic heterocycles. The molecule has 0 saturated carbocycles. The Kier molecular flexibility index (Phi) is 6.55. The lowest BCUT2D eigenvalue weighted by molar-refractivity contribution is 0.471. The van der Waals surface area contributed by atoms with Crippen LogP contribution >= 0.6 is 45.8 Å². The Labute approximate surface area is 207 Å². The Morgan fingerprint density at radius 1 is 0.656 bits per heavy atom. The molecule has 0 spiro atoms. The summed E-state index contributed by atoms with van der Waals surface area (Å²) in [5.41, 5.74) is 1.97. The van der Waals surface area contributed by atoms with Crippen molar-refractivity contribution in [3.05, 3.63) is 86.7 Å². The lowest BCUT2D eigenvalue weighted by Gasteiger charge is -2.10. The van der Waals surface area contributed by atoms with Gasteiger partial charge in [0.25, 0.3) is 0 Å². The van der Waals surface area contributed by atoms with E-state index >= 15 is 0 Å². The number of rotatable bonds is 1. The Balaban J connectivity index is 0.000000165. The Morgan fingerprint density at radius 3 is 1.84 bits per heavy atom. The number of hydrogen-bond donors (Lipinski definition) is 3. The fourth-order valence-corrected chi connectivity index (χ4v) is 4.53. The van der Waals surface area contributed by atoms with Gasteiger partial charge in [0.1, 0.15) is 22.5 Å². The van der Waals surface area contributed by atoms with E-state index in [-0.39, 0.29) is 17.2 Å². The number of hydrogen-bond acceptors (Lipinski definition) is 5. The van der Waals surface area contributed by atoms with Crippen molar-refractivity contribution in [2.75, 3.05) is 0 Å². The van der Waals surface area contributed by atoms with Crippen LogP contribution in [0, 0.1) is 3.57 Å². The highest BCUT2D eigenvalue weighted by Crippen LogP contribution is 2.41. The third kappa shape index (κ3) is 4.26. The van der Waals surface area contributed by atoms with Crippen LogP contribution < -0.4 is 0 Å². The number of pyridine rings is 2. The van der Waals surface area contributed by atoms with Crippen LogP contribution in [0.1, 0.15) is 0 Å². The minimum atomic E-state index is 0.0153. The second-order valence-corrected chi connectivity index (χ2v) is 8.74. The van der Waals surface area contributed by atoms with E-state index in [9.17, 15) is 15.3 Å². The molecule has 160 valence electrons. The van der Waals surface area contributed by atoms with Crippen LogP contribution in [0.5, 0.6) is 17.2 Å². The van der Waals surface area contributed by atoms with Crippen molar-refractivity contribution in [3.63, 3.8) is 0 Å². The molecule has 2 heterocycles. The minimum absolute atomic E-state index is 0.0153. The van der Waals surface area contributed by atoms with E-state index in [1.54, 1.807) is 67.0 Å². The summed E-state index contributed by atoms with van der Waals surface area (Å²) in [7, 11) is 0. The lowest BCUT2D eigenvalue weighted by Crippen LogP contribution is -1.86. The summed E-state index contributed by atoms with van der Waals surface area (Å²) in [4.78, 5) is 8.20. The summed E-state index contributed by atoms with van der Waals surface area (Å²) in [6.45, 7) is 0. The van der Waals surface area contributed by atoms with Crippen LogP contribution in [0.15, 0.2) is 73.1 Å². The van der Waals surface area contributed by atoms with E-state index in [0.717, 1.165) is 5.39 Å². The van der Waals surface area contributed by atoms with Crippen LogP contribution in [0.4, 0.5) is 0 Å². The maximum absolute atomic E-state index is 10.3. The Bertz CT molecular complexity index is 1460. The number of benzene rings is 3. The molecule has 5 nitrogen and oxygen atoms in total. The van der Waals surface area contributed by atoms with Gasteiger partial charge in [0.05, 0.1) is 13.6 Å². The highest BCUT2D eigenvalue weighted by atomic mass is 127. The number of phenolic OH excluding ortho intramolecular Hbond substituents is 3. The molecule has 5 aromatic rings. The molecule has 0 atom stereocenters. The molecule has 3 N–H and O–H groups in total. The Morgan fingerprint density at radius 2 is 1.22 bits per heavy atom. The van der Waals surface area contributed by atoms with Gasteiger partial charge in [-0.25, -0.2) is 0 Å². The zero-order valence-electron chi connectivity index (χ0n) is 16.3. The molecule has 5 rings (SSSR count). The predicted octanol–water partition coefficient (Wildman–Crippen LogP) is 7.16. The van der Waals surface area contributed by atoms with Crippen molar-refractivity contribution < 1.29 is 15.3 Å². The van der Waals surface area contributed by atoms with Crippen molar-refractivity contribution in [2.45, 2.75) is 0 Å². The normalized spacial score (nSPS) is 10.7. The van der Waals surface area contributed by atoms with E-state index in [1.807, 2.05) is 28.7 Å². The minimum Gasteiger partial charge on any atom is -0.507 e. The average molecular weight is 577 g/mol. The van der Waals surface area contributed by atoms with Crippen LogP contribution in [0.2, 0.25) is 10.0 Å². The van der Waals surface area contributed by atoms with Gasteiger partial charge in [-0.05, 0) is 65.1 Å². The summed E-state index contributed by atoms with van der Waals surface area (Å²) in [5, 5.41) is 32.4. The van der Waals surface area contributed by atoms with Gasteiger partial charge in [-0.2, -0.15) is 0 Å². The smallest absolute Gasteiger partial charge is 0.155 e. The zero-order chi connectivity index (χ0) is 22.8. The first-order chi connectivity index (χ1) is 15.4. The zero-order valence-corrected chi connectivity index (χ0v) is 20.0. The molecular weight excluding hydrogens is 562 g/mol. The monoisotopic (exact) mass is 576 g/mol. The summed E-state index contributed by atoms with van der Waals surface area (Å²) in [5.74, 6) is 0.297. The van der Waals surface area contributed by atoms with Gasteiger partial charge in [0.15, 0.2) is 5.75 Å². The molecule has 8 heteroatoms. The number of fused-ring (bicyclic) bond motifs is 2. The third-order valence-corrected chi connectivity index (χ3v) is 6.23. The van der Waals surface area contributed by atoms with Crippen molar-refractivity contribution in [3.8, 4) is 28.4 Å².